The molecule has 1 aromatic carbocycles. The van der Waals surface area contributed by atoms with Crippen molar-refractivity contribution >= 4 is 57.6 Å². The fraction of sp³-hybridized carbons (Fsp3) is 0.395. The third-order valence-corrected chi connectivity index (χ3v) is 13.3. The molecule has 5 aromatic rings. The number of hydrogen-bond acceptors (Lipinski definition) is 13. The van der Waals surface area contributed by atoms with Crippen LogP contribution in [0.4, 0.5) is 5.69 Å². The van der Waals surface area contributed by atoms with Gasteiger partial charge in [-0.25, -0.2) is 9.97 Å². The van der Waals surface area contributed by atoms with Crippen molar-refractivity contribution in [2.45, 2.75) is 69.5 Å². The molecule has 17 nitrogen and oxygen atoms in total. The van der Waals surface area contributed by atoms with Crippen LogP contribution in [-0.4, -0.2) is 121 Å². The largest absolute Gasteiger partial charge is 0.387 e. The molecule has 312 valence electrons. The Balaban J connectivity index is 0.719. The number of nitrogens with one attached hydrogen (secondary N) is 3. The summed E-state index contributed by atoms with van der Waals surface area (Å²) in [5, 5.41) is 29.8. The van der Waals surface area contributed by atoms with Crippen molar-refractivity contribution in [3.05, 3.63) is 82.3 Å². The summed E-state index contributed by atoms with van der Waals surface area (Å²) in [6.45, 7) is 2.80. The van der Waals surface area contributed by atoms with Gasteiger partial charge in [0.2, 0.25) is 23.6 Å². The Hall–Kier alpha value is -6.58. The van der Waals surface area contributed by atoms with E-state index in [1.54, 1.807) is 41.9 Å². The average Bonchev–Trinajstić information content (AvgIpc) is 4.01. The Bertz CT molecular complexity index is 2600. The molecular formula is C43H44N12O5S. The summed E-state index contributed by atoms with van der Waals surface area (Å²) in [7, 11) is 1.86. The van der Waals surface area contributed by atoms with Gasteiger partial charge < -0.3 is 20.4 Å². The van der Waals surface area contributed by atoms with Gasteiger partial charge in [0.15, 0.2) is 5.01 Å². The van der Waals surface area contributed by atoms with Gasteiger partial charge >= 0.3 is 0 Å². The number of imide groups is 1. The number of piperazine rings is 1. The minimum Gasteiger partial charge on any atom is -0.387 e. The highest BCUT2D eigenvalue weighted by molar-refractivity contribution is 7.14. The summed E-state index contributed by atoms with van der Waals surface area (Å²) >= 11 is 1.57. The summed E-state index contributed by atoms with van der Waals surface area (Å²) in [5.74, 6) is -0.0796. The molecule has 0 radical (unpaired) electrons. The number of nitrogens with zero attached hydrogens (tertiary/aromatic N) is 9. The van der Waals surface area contributed by atoms with Crippen LogP contribution in [0.15, 0.2) is 55.0 Å². The van der Waals surface area contributed by atoms with Gasteiger partial charge in [0.25, 0.3) is 5.91 Å². The Labute approximate surface area is 355 Å². The van der Waals surface area contributed by atoms with Crippen LogP contribution >= 0.6 is 11.3 Å². The molecule has 1 saturated carbocycles. The first-order valence-corrected chi connectivity index (χ1v) is 21.4. The number of carbonyl (C=O) groups is 5. The van der Waals surface area contributed by atoms with Crippen LogP contribution in [-0.2, 0) is 32.1 Å². The standard InChI is InChI=1S/C43H44N12O5S/c1-45-33-19-35(54-11-10-28-17-26(20-44)21-47-39(28)54)46-22-32(33)42-51-50-41(61-42)27-3-5-30(6-4-27)48-37(57)24-52-12-14-53(15-13-52)38(58)18-25-2-7-31-29(16-25)23-55(43(31)60)34-8-9-36(56)49-40(34)59/h2,7,10-11,16-17,19,21-22,27,30,34H,3-6,8-9,12-15,18,23-24H2,1H3,(H,45,46)(H,48,57)(H,49,56,59). The summed E-state index contributed by atoms with van der Waals surface area (Å²) in [5.41, 5.74) is 5.04. The monoisotopic (exact) mass is 840 g/mol. The van der Waals surface area contributed by atoms with Gasteiger partial charge in [0.1, 0.15) is 28.6 Å². The first-order chi connectivity index (χ1) is 29.6. The second-order valence-corrected chi connectivity index (χ2v) is 17.1. The molecule has 0 spiro atoms. The van der Waals surface area contributed by atoms with E-state index in [0.29, 0.717) is 55.2 Å². The van der Waals surface area contributed by atoms with E-state index in [-0.39, 0.29) is 61.5 Å². The quantitative estimate of drug-likeness (QED) is 0.173. The molecule has 0 bridgehead atoms. The van der Waals surface area contributed by atoms with E-state index >= 15 is 0 Å². The first kappa shape index (κ1) is 39.9. The number of rotatable bonds is 10. The summed E-state index contributed by atoms with van der Waals surface area (Å²) in [4.78, 5) is 78.1. The number of amides is 5. The van der Waals surface area contributed by atoms with Crippen molar-refractivity contribution < 1.29 is 24.0 Å². The predicted octanol–water partition coefficient (Wildman–Crippen LogP) is 3.14. The number of aromatic nitrogens is 5. The van der Waals surface area contributed by atoms with E-state index in [0.717, 1.165) is 63.5 Å². The highest BCUT2D eigenvalue weighted by atomic mass is 32.1. The maximum Gasteiger partial charge on any atom is 0.255 e. The van der Waals surface area contributed by atoms with Crippen LogP contribution in [0.25, 0.3) is 27.4 Å². The zero-order valence-corrected chi connectivity index (χ0v) is 34.4. The number of anilines is 1. The Morgan fingerprint density at radius 1 is 0.951 bits per heavy atom. The third kappa shape index (κ3) is 8.18. The van der Waals surface area contributed by atoms with E-state index in [1.165, 1.54) is 4.90 Å². The van der Waals surface area contributed by atoms with Gasteiger partial charge in [0.05, 0.1) is 24.1 Å². The lowest BCUT2D eigenvalue weighted by molar-refractivity contribution is -0.137. The number of benzene rings is 1. The van der Waals surface area contributed by atoms with E-state index in [2.05, 4.69) is 42.1 Å². The summed E-state index contributed by atoms with van der Waals surface area (Å²) < 4.78 is 1.89. The molecule has 1 aliphatic carbocycles. The van der Waals surface area contributed by atoms with Crippen LogP contribution in [0.2, 0.25) is 0 Å². The molecule has 4 aliphatic rings. The van der Waals surface area contributed by atoms with Crippen molar-refractivity contribution in [3.63, 3.8) is 0 Å². The SMILES string of the molecule is CNc1cc(-n2ccc3cc(C#N)cnc32)ncc1-c1nnc(C2CCC(NC(=O)CN3CCN(C(=O)Cc4ccc5c(c4)CN(C4CCC(=O)NC4=O)C5=O)CC3)CC2)s1. The lowest BCUT2D eigenvalue weighted by Crippen LogP contribution is -2.52. The van der Waals surface area contributed by atoms with Crippen molar-refractivity contribution in [1.29, 1.82) is 5.26 Å². The lowest BCUT2D eigenvalue weighted by Gasteiger charge is -2.35. The van der Waals surface area contributed by atoms with Crippen molar-refractivity contribution in [2.75, 3.05) is 45.1 Å². The van der Waals surface area contributed by atoms with Crippen LogP contribution in [0.1, 0.15) is 76.5 Å². The second kappa shape index (κ2) is 16.8. The van der Waals surface area contributed by atoms with Gasteiger partial charge in [-0.1, -0.05) is 23.5 Å². The van der Waals surface area contributed by atoms with Gasteiger partial charge in [-0.3, -0.25) is 38.8 Å². The summed E-state index contributed by atoms with van der Waals surface area (Å²) in [6, 6.07) is 12.6. The molecule has 1 atom stereocenters. The topological polar surface area (TPSA) is 211 Å². The van der Waals surface area contributed by atoms with E-state index < -0.39 is 11.9 Å². The molecule has 61 heavy (non-hydrogen) atoms. The lowest BCUT2D eigenvalue weighted by atomic mass is 9.86. The zero-order chi connectivity index (χ0) is 42.2. The smallest absolute Gasteiger partial charge is 0.255 e. The normalized spacial score (nSPS) is 20.7. The fourth-order valence-corrected chi connectivity index (χ4v) is 9.91. The number of fused-ring (bicyclic) bond motifs is 2. The fourth-order valence-electron chi connectivity index (χ4n) is 8.87. The molecule has 18 heteroatoms. The molecule has 4 aromatic heterocycles. The Morgan fingerprint density at radius 2 is 1.77 bits per heavy atom. The van der Waals surface area contributed by atoms with E-state index in [9.17, 15) is 29.2 Å². The number of carbonyl (C=O) groups excluding carboxylic acids is 5. The molecule has 7 heterocycles. The summed E-state index contributed by atoms with van der Waals surface area (Å²) in [6.07, 6.45) is 9.44. The minimum atomic E-state index is -0.681. The van der Waals surface area contributed by atoms with Crippen molar-refractivity contribution in [3.8, 4) is 22.5 Å². The van der Waals surface area contributed by atoms with E-state index in [1.807, 2.05) is 40.9 Å². The number of pyridine rings is 2. The second-order valence-electron chi connectivity index (χ2n) is 16.1. The molecule has 5 amide bonds. The maximum absolute atomic E-state index is 13.3. The van der Waals surface area contributed by atoms with Gasteiger partial charge in [-0.05, 0) is 61.4 Å². The number of nitriles is 1. The molecule has 1 unspecified atom stereocenters. The van der Waals surface area contributed by atoms with Crippen LogP contribution < -0.4 is 16.0 Å². The average molecular weight is 841 g/mol. The Kier molecular flexibility index (Phi) is 11.0. The van der Waals surface area contributed by atoms with Crippen molar-refractivity contribution in [2.24, 2.45) is 0 Å². The minimum absolute atomic E-state index is 0.00776. The maximum atomic E-state index is 13.3. The Morgan fingerprint density at radius 3 is 2.54 bits per heavy atom. The van der Waals surface area contributed by atoms with Crippen LogP contribution in [0.3, 0.4) is 0 Å². The highest BCUT2D eigenvalue weighted by Gasteiger charge is 2.39. The third-order valence-electron chi connectivity index (χ3n) is 12.2. The number of hydrogen-bond donors (Lipinski definition) is 3. The number of piperidine rings is 1. The molecule has 3 aliphatic heterocycles. The zero-order valence-electron chi connectivity index (χ0n) is 33.6. The highest BCUT2D eigenvalue weighted by Crippen LogP contribution is 2.39. The molecule has 2 saturated heterocycles. The molecule has 3 N–H and O–H groups in total. The van der Waals surface area contributed by atoms with Crippen LogP contribution in [0, 0.1) is 11.3 Å². The molecule has 3 fully saturated rings. The van der Waals surface area contributed by atoms with Crippen LogP contribution in [0.5, 0.6) is 0 Å². The first-order valence-electron chi connectivity index (χ1n) is 20.6. The predicted molar refractivity (Wildman–Crippen MR) is 224 cm³/mol. The van der Waals surface area contributed by atoms with E-state index in [4.69, 9.17) is 4.98 Å². The van der Waals surface area contributed by atoms with Gasteiger partial charge in [-0.2, -0.15) is 5.26 Å². The van der Waals surface area contributed by atoms with Gasteiger partial charge in [-0.15, -0.1) is 10.2 Å². The van der Waals surface area contributed by atoms with Gasteiger partial charge in [0, 0.05) is 99.4 Å². The molecular weight excluding hydrogens is 797 g/mol. The van der Waals surface area contributed by atoms with Crippen molar-refractivity contribution in [1.82, 2.24) is 50.1 Å². The molecule has 9 rings (SSSR count).